The number of carboxylic acid groups (broad SMARTS) is 1. The summed E-state index contributed by atoms with van der Waals surface area (Å²) < 4.78 is 9.86. The molecule has 0 aliphatic heterocycles. The van der Waals surface area contributed by atoms with Crippen molar-refractivity contribution in [2.45, 2.75) is 45.3 Å². The molecule has 0 spiro atoms. The van der Waals surface area contributed by atoms with Crippen molar-refractivity contribution in [3.05, 3.63) is 34.9 Å². The number of carbonyl (C=O) groups is 3. The van der Waals surface area contributed by atoms with Gasteiger partial charge in [0.2, 0.25) is 6.29 Å². The Bertz CT molecular complexity index is 595. The van der Waals surface area contributed by atoms with Crippen molar-refractivity contribution in [2.24, 2.45) is 0 Å². The van der Waals surface area contributed by atoms with Gasteiger partial charge in [-0.05, 0) is 30.5 Å². The molecule has 2 unspecified atom stereocenters. The molecule has 1 aromatic rings. The summed E-state index contributed by atoms with van der Waals surface area (Å²) >= 11 is 5.78. The maximum Gasteiger partial charge on any atom is 1.00 e. The molecule has 138 valence electrons. The summed E-state index contributed by atoms with van der Waals surface area (Å²) in [5, 5.41) is 14.2. The number of nitrogens with one attached hydrogen (secondary N) is 1. The van der Waals surface area contributed by atoms with Crippen LogP contribution in [-0.4, -0.2) is 30.9 Å². The van der Waals surface area contributed by atoms with Crippen LogP contribution in [0.2, 0.25) is 5.02 Å². The van der Waals surface area contributed by atoms with Crippen LogP contribution in [0.25, 0.3) is 0 Å². The number of amides is 1. The third-order valence-corrected chi connectivity index (χ3v) is 3.57. The molecule has 0 bridgehead atoms. The Morgan fingerprint density at radius 1 is 1.15 bits per heavy atom. The van der Waals surface area contributed by atoms with Gasteiger partial charge in [-0.15, -0.1) is 0 Å². The van der Waals surface area contributed by atoms with E-state index in [-0.39, 0.29) is 42.5 Å². The van der Waals surface area contributed by atoms with E-state index in [2.05, 4.69) is 5.32 Å². The Kier molecular flexibility index (Phi) is 12.3. The van der Waals surface area contributed by atoms with Gasteiger partial charge in [0.05, 0.1) is 0 Å². The molecule has 0 aromatic heterocycles. The van der Waals surface area contributed by atoms with E-state index in [9.17, 15) is 19.5 Å². The fourth-order valence-corrected chi connectivity index (χ4v) is 2.28. The SMILES string of the molecule is CCCC(OC(C)=O)OC(=O)NCCC(C(=O)[O-])c1ccc(Cl)cc1.[Na+]. The number of carboxylic acids is 1. The molecule has 0 aliphatic rings. The second-order valence-electron chi connectivity index (χ2n) is 5.37. The topological polar surface area (TPSA) is 105 Å². The van der Waals surface area contributed by atoms with Crippen molar-refractivity contribution >= 4 is 29.6 Å². The van der Waals surface area contributed by atoms with Crippen molar-refractivity contribution in [3.63, 3.8) is 0 Å². The number of esters is 1. The second-order valence-corrected chi connectivity index (χ2v) is 5.81. The number of hydrogen-bond donors (Lipinski definition) is 1. The molecule has 9 heteroatoms. The first kappa shape index (κ1) is 24.7. The summed E-state index contributed by atoms with van der Waals surface area (Å²) in [6.07, 6.45) is -0.595. The molecule has 7 nitrogen and oxygen atoms in total. The molecule has 0 heterocycles. The van der Waals surface area contributed by atoms with Gasteiger partial charge in [0.25, 0.3) is 0 Å². The number of hydrogen-bond acceptors (Lipinski definition) is 6. The zero-order chi connectivity index (χ0) is 18.8. The van der Waals surface area contributed by atoms with Crippen molar-refractivity contribution in [1.82, 2.24) is 5.32 Å². The molecule has 1 amide bonds. The first-order chi connectivity index (χ1) is 11.8. The second kappa shape index (κ2) is 13.0. The Morgan fingerprint density at radius 3 is 2.27 bits per heavy atom. The smallest absolute Gasteiger partial charge is 0.549 e. The van der Waals surface area contributed by atoms with Crippen molar-refractivity contribution < 1.29 is 58.5 Å². The van der Waals surface area contributed by atoms with Gasteiger partial charge in [-0.3, -0.25) is 4.79 Å². The molecule has 0 saturated carbocycles. The Labute approximate surface area is 179 Å². The van der Waals surface area contributed by atoms with Crippen LogP contribution in [-0.2, 0) is 19.1 Å². The van der Waals surface area contributed by atoms with Crippen LogP contribution >= 0.6 is 11.6 Å². The fourth-order valence-electron chi connectivity index (χ4n) is 2.16. The number of carbonyl (C=O) groups excluding carboxylic acids is 3. The summed E-state index contributed by atoms with van der Waals surface area (Å²) in [6.45, 7) is 3.13. The van der Waals surface area contributed by atoms with Gasteiger partial charge >= 0.3 is 41.6 Å². The maximum absolute atomic E-state index is 11.7. The summed E-state index contributed by atoms with van der Waals surface area (Å²) in [6, 6.07) is 6.37. The van der Waals surface area contributed by atoms with Crippen LogP contribution in [0.5, 0.6) is 0 Å². The number of rotatable bonds is 9. The van der Waals surface area contributed by atoms with Gasteiger partial charge in [-0.2, -0.15) is 0 Å². The van der Waals surface area contributed by atoms with Crippen molar-refractivity contribution in [3.8, 4) is 0 Å². The minimum atomic E-state index is -1.25. The molecule has 0 fully saturated rings. The zero-order valence-corrected chi connectivity index (χ0v) is 17.9. The molecular weight excluding hydrogens is 373 g/mol. The number of alkyl carbamates (subject to hydrolysis) is 1. The monoisotopic (exact) mass is 393 g/mol. The van der Waals surface area contributed by atoms with E-state index < -0.39 is 30.2 Å². The summed E-state index contributed by atoms with van der Waals surface area (Å²) in [4.78, 5) is 34.0. The van der Waals surface area contributed by atoms with E-state index in [4.69, 9.17) is 21.1 Å². The Balaban J connectivity index is 0.00000625. The van der Waals surface area contributed by atoms with E-state index in [1.165, 1.54) is 6.92 Å². The quantitative estimate of drug-likeness (QED) is 0.327. The third kappa shape index (κ3) is 9.43. The van der Waals surface area contributed by atoms with Gasteiger partial charge in [0.15, 0.2) is 0 Å². The van der Waals surface area contributed by atoms with E-state index in [0.29, 0.717) is 23.4 Å². The number of ether oxygens (including phenoxy) is 2. The Hall–Kier alpha value is -1.28. The predicted octanol–water partition coefficient (Wildman–Crippen LogP) is -1.02. The normalized spacial score (nSPS) is 12.3. The third-order valence-electron chi connectivity index (χ3n) is 3.32. The zero-order valence-electron chi connectivity index (χ0n) is 15.1. The average molecular weight is 394 g/mol. The molecule has 1 rings (SSSR count). The van der Waals surface area contributed by atoms with E-state index in [0.717, 1.165) is 0 Å². The van der Waals surface area contributed by atoms with Gasteiger partial charge in [0, 0.05) is 36.8 Å². The minimum absolute atomic E-state index is 0. The van der Waals surface area contributed by atoms with Gasteiger partial charge < -0.3 is 24.7 Å². The molecule has 0 aliphatic carbocycles. The maximum atomic E-state index is 11.7. The predicted molar refractivity (Wildman–Crippen MR) is 88.8 cm³/mol. The van der Waals surface area contributed by atoms with Crippen molar-refractivity contribution in [1.29, 1.82) is 0 Å². The van der Waals surface area contributed by atoms with Crippen LogP contribution in [0.1, 0.15) is 44.6 Å². The van der Waals surface area contributed by atoms with Crippen LogP contribution in [0.15, 0.2) is 24.3 Å². The summed E-state index contributed by atoms with van der Waals surface area (Å²) in [5.74, 6) is -2.69. The number of halogens is 1. The summed E-state index contributed by atoms with van der Waals surface area (Å²) in [5.41, 5.74) is 0.531. The largest absolute Gasteiger partial charge is 1.00 e. The Morgan fingerprint density at radius 2 is 1.77 bits per heavy atom. The standard InChI is InChI=1S/C17H22ClNO6.Na/c1-3-4-15(24-11(2)20)25-17(23)19-10-9-14(16(21)22)12-5-7-13(18)8-6-12;/h5-8,14-15H,3-4,9-10H2,1-2H3,(H,19,23)(H,21,22);/q;+1/p-1. The van der Waals surface area contributed by atoms with Crippen molar-refractivity contribution in [2.75, 3.05) is 6.54 Å². The molecule has 26 heavy (non-hydrogen) atoms. The molecular formula is C17H21ClNNaO6. The minimum Gasteiger partial charge on any atom is -0.549 e. The van der Waals surface area contributed by atoms with Gasteiger partial charge in [0.1, 0.15) is 0 Å². The van der Waals surface area contributed by atoms with E-state index in [1.54, 1.807) is 24.3 Å². The van der Waals surface area contributed by atoms with E-state index in [1.807, 2.05) is 6.92 Å². The van der Waals surface area contributed by atoms with Gasteiger partial charge in [-0.1, -0.05) is 30.7 Å². The average Bonchev–Trinajstić information content (AvgIpc) is 2.52. The first-order valence-corrected chi connectivity index (χ1v) is 8.29. The van der Waals surface area contributed by atoms with Crippen LogP contribution in [0.3, 0.4) is 0 Å². The molecule has 0 radical (unpaired) electrons. The van der Waals surface area contributed by atoms with Crippen LogP contribution < -0.4 is 40.0 Å². The molecule has 0 saturated heterocycles. The first-order valence-electron chi connectivity index (χ1n) is 7.91. The molecule has 2 atom stereocenters. The summed E-state index contributed by atoms with van der Waals surface area (Å²) in [7, 11) is 0. The number of benzene rings is 1. The fraction of sp³-hybridized carbons (Fsp3) is 0.471. The van der Waals surface area contributed by atoms with Crippen LogP contribution in [0, 0.1) is 0 Å². The van der Waals surface area contributed by atoms with Crippen LogP contribution in [0.4, 0.5) is 4.79 Å². The van der Waals surface area contributed by atoms with Gasteiger partial charge in [-0.25, -0.2) is 4.79 Å². The molecule has 1 N–H and O–H groups in total. The number of aliphatic carboxylic acids is 1. The van der Waals surface area contributed by atoms with E-state index >= 15 is 0 Å². The molecule has 1 aromatic carbocycles.